The Kier molecular flexibility index (Phi) is 3.64. The fraction of sp³-hybridized carbons (Fsp3) is 0.188. The van der Waals surface area contributed by atoms with E-state index < -0.39 is 0 Å². The molecule has 2 aromatic heterocycles. The van der Waals surface area contributed by atoms with Crippen LogP contribution in [0, 0.1) is 6.92 Å². The molecule has 0 spiro atoms. The molecule has 0 bridgehead atoms. The Bertz CT molecular complexity index is 751. The van der Waals surface area contributed by atoms with E-state index in [-0.39, 0.29) is 6.04 Å². The fourth-order valence-electron chi connectivity index (χ4n) is 2.23. The van der Waals surface area contributed by atoms with Crippen molar-refractivity contribution in [3.05, 3.63) is 57.4 Å². The molecule has 1 atom stereocenters. The van der Waals surface area contributed by atoms with Crippen LogP contribution in [-0.2, 0) is 0 Å². The first-order chi connectivity index (χ1) is 9.63. The van der Waals surface area contributed by atoms with Crippen LogP contribution in [0.25, 0.3) is 10.9 Å². The van der Waals surface area contributed by atoms with Crippen LogP contribution >= 0.6 is 22.9 Å². The van der Waals surface area contributed by atoms with Gasteiger partial charge in [-0.15, -0.1) is 11.3 Å². The molecule has 102 valence electrons. The molecule has 0 aliphatic heterocycles. The van der Waals surface area contributed by atoms with Gasteiger partial charge in [-0.25, -0.2) is 0 Å². The van der Waals surface area contributed by atoms with Gasteiger partial charge < -0.3 is 5.32 Å². The highest BCUT2D eigenvalue weighted by molar-refractivity contribution is 7.14. The molecule has 4 heteroatoms. The van der Waals surface area contributed by atoms with Gasteiger partial charge >= 0.3 is 0 Å². The van der Waals surface area contributed by atoms with Crippen LogP contribution in [0.2, 0.25) is 4.34 Å². The molecule has 0 amide bonds. The molecule has 3 rings (SSSR count). The van der Waals surface area contributed by atoms with Gasteiger partial charge in [-0.2, -0.15) is 0 Å². The van der Waals surface area contributed by atoms with E-state index in [1.165, 1.54) is 5.56 Å². The van der Waals surface area contributed by atoms with Gasteiger partial charge in [0.1, 0.15) is 0 Å². The third-order valence-corrected chi connectivity index (χ3v) is 4.43. The number of benzene rings is 1. The minimum absolute atomic E-state index is 0.201. The zero-order valence-electron chi connectivity index (χ0n) is 11.4. The molecule has 0 fully saturated rings. The average molecular weight is 303 g/mol. The number of thiophene rings is 1. The highest BCUT2D eigenvalue weighted by Crippen LogP contribution is 2.29. The first kappa shape index (κ1) is 13.4. The number of nitrogens with zero attached hydrogens (tertiary/aromatic N) is 1. The van der Waals surface area contributed by atoms with Gasteiger partial charge in [0.15, 0.2) is 0 Å². The van der Waals surface area contributed by atoms with Gasteiger partial charge in [-0.3, -0.25) is 4.98 Å². The number of anilines is 1. The summed E-state index contributed by atoms with van der Waals surface area (Å²) in [5.74, 6) is 0. The first-order valence-corrected chi connectivity index (χ1v) is 7.76. The van der Waals surface area contributed by atoms with Gasteiger partial charge in [0.25, 0.3) is 0 Å². The van der Waals surface area contributed by atoms with E-state index in [0.717, 1.165) is 26.6 Å². The molecule has 0 aliphatic rings. The number of para-hydroxylation sites is 1. The van der Waals surface area contributed by atoms with E-state index in [9.17, 15) is 0 Å². The summed E-state index contributed by atoms with van der Waals surface area (Å²) in [4.78, 5) is 4.64. The van der Waals surface area contributed by atoms with Crippen molar-refractivity contribution in [2.45, 2.75) is 19.9 Å². The molecule has 20 heavy (non-hydrogen) atoms. The molecular formula is C16H15ClN2S. The predicted octanol–water partition coefficient (Wildman–Crippen LogP) is 5.43. The molecule has 2 heterocycles. The average Bonchev–Trinajstić information content (AvgIpc) is 2.86. The van der Waals surface area contributed by atoms with Crippen molar-refractivity contribution in [2.75, 3.05) is 5.32 Å². The number of aryl methyl sites for hydroxylation is 1. The summed E-state index contributed by atoms with van der Waals surface area (Å²) < 4.78 is 0.820. The van der Waals surface area contributed by atoms with Crippen LogP contribution < -0.4 is 5.32 Å². The maximum atomic E-state index is 6.00. The van der Waals surface area contributed by atoms with Crippen LogP contribution in [-0.4, -0.2) is 4.98 Å². The lowest BCUT2D eigenvalue weighted by Gasteiger charge is -2.15. The second-order valence-corrected chi connectivity index (χ2v) is 6.42. The molecule has 3 aromatic rings. The van der Waals surface area contributed by atoms with E-state index in [1.54, 1.807) is 11.3 Å². The van der Waals surface area contributed by atoms with Gasteiger partial charge in [-0.05, 0) is 43.0 Å². The van der Waals surface area contributed by atoms with Crippen molar-refractivity contribution >= 4 is 39.5 Å². The zero-order chi connectivity index (χ0) is 14.1. The Morgan fingerprint density at radius 2 is 2.10 bits per heavy atom. The van der Waals surface area contributed by atoms with Gasteiger partial charge in [0.2, 0.25) is 0 Å². The largest absolute Gasteiger partial charge is 0.377 e. The third-order valence-electron chi connectivity index (χ3n) is 3.32. The highest BCUT2D eigenvalue weighted by Gasteiger charge is 2.10. The Morgan fingerprint density at radius 3 is 2.85 bits per heavy atom. The number of nitrogens with one attached hydrogen (secondary N) is 1. The first-order valence-electron chi connectivity index (χ1n) is 6.50. The molecule has 0 radical (unpaired) electrons. The summed E-state index contributed by atoms with van der Waals surface area (Å²) in [5.41, 5.74) is 4.30. The SMILES string of the molecule is Cc1ccc2cccc(NC(C)c3csc(Cl)c3)c2n1. The summed E-state index contributed by atoms with van der Waals surface area (Å²) >= 11 is 7.56. The lowest BCUT2D eigenvalue weighted by molar-refractivity contribution is 0.892. The lowest BCUT2D eigenvalue weighted by Crippen LogP contribution is -2.06. The van der Waals surface area contributed by atoms with Gasteiger partial charge in [0.05, 0.1) is 15.5 Å². The summed E-state index contributed by atoms with van der Waals surface area (Å²) in [6, 6.07) is 12.6. The van der Waals surface area contributed by atoms with E-state index in [1.807, 2.05) is 19.1 Å². The summed E-state index contributed by atoms with van der Waals surface area (Å²) in [7, 11) is 0. The Hall–Kier alpha value is -1.58. The van der Waals surface area contributed by atoms with Crippen LogP contribution in [0.3, 0.4) is 0 Å². The minimum Gasteiger partial charge on any atom is -0.377 e. The smallest absolute Gasteiger partial charge is 0.0936 e. The molecule has 0 aliphatic carbocycles. The molecule has 2 nitrogen and oxygen atoms in total. The molecule has 0 saturated heterocycles. The van der Waals surface area contributed by atoms with Gasteiger partial charge in [0, 0.05) is 17.1 Å². The van der Waals surface area contributed by atoms with Crippen molar-refractivity contribution in [2.24, 2.45) is 0 Å². The highest BCUT2D eigenvalue weighted by atomic mass is 35.5. The minimum atomic E-state index is 0.201. The lowest BCUT2D eigenvalue weighted by atomic mass is 10.1. The number of hydrogen-bond acceptors (Lipinski definition) is 3. The van der Waals surface area contributed by atoms with Crippen molar-refractivity contribution in [3.8, 4) is 0 Å². The molecule has 0 saturated carbocycles. The van der Waals surface area contributed by atoms with Crippen LogP contribution in [0.15, 0.2) is 41.8 Å². The second-order valence-electron chi connectivity index (χ2n) is 4.88. The monoisotopic (exact) mass is 302 g/mol. The number of pyridine rings is 1. The number of hydrogen-bond donors (Lipinski definition) is 1. The third kappa shape index (κ3) is 2.65. The standard InChI is InChI=1S/C16H15ClN2S/c1-10-6-7-12-4-3-5-14(16(12)18-10)19-11(2)13-8-15(17)20-9-13/h3-9,11,19H,1-2H3. The molecule has 1 unspecified atom stereocenters. The van der Waals surface area contributed by atoms with Crippen LogP contribution in [0.5, 0.6) is 0 Å². The Labute approximate surface area is 127 Å². The van der Waals surface area contributed by atoms with E-state index in [2.05, 4.69) is 46.9 Å². The summed E-state index contributed by atoms with van der Waals surface area (Å²) in [5, 5.41) is 6.76. The summed E-state index contributed by atoms with van der Waals surface area (Å²) in [6.07, 6.45) is 0. The van der Waals surface area contributed by atoms with Crippen LogP contribution in [0.4, 0.5) is 5.69 Å². The quantitative estimate of drug-likeness (QED) is 0.697. The van der Waals surface area contributed by atoms with Crippen molar-refractivity contribution in [1.82, 2.24) is 4.98 Å². The number of rotatable bonds is 3. The van der Waals surface area contributed by atoms with Crippen molar-refractivity contribution in [1.29, 1.82) is 0 Å². The normalized spacial score (nSPS) is 12.6. The fourth-order valence-corrected chi connectivity index (χ4v) is 3.21. The van der Waals surface area contributed by atoms with E-state index >= 15 is 0 Å². The zero-order valence-corrected chi connectivity index (χ0v) is 12.9. The van der Waals surface area contributed by atoms with E-state index in [4.69, 9.17) is 11.6 Å². The summed E-state index contributed by atoms with van der Waals surface area (Å²) in [6.45, 7) is 4.14. The number of fused-ring (bicyclic) bond motifs is 1. The maximum Gasteiger partial charge on any atom is 0.0936 e. The molecular weight excluding hydrogens is 288 g/mol. The Morgan fingerprint density at radius 1 is 1.25 bits per heavy atom. The molecule has 1 N–H and O–H groups in total. The van der Waals surface area contributed by atoms with Gasteiger partial charge in [-0.1, -0.05) is 29.8 Å². The number of halogens is 1. The van der Waals surface area contributed by atoms with Crippen LogP contribution in [0.1, 0.15) is 24.2 Å². The Balaban J connectivity index is 1.96. The predicted molar refractivity (Wildman–Crippen MR) is 87.8 cm³/mol. The molecule has 1 aromatic carbocycles. The van der Waals surface area contributed by atoms with Crippen molar-refractivity contribution in [3.63, 3.8) is 0 Å². The van der Waals surface area contributed by atoms with Crippen molar-refractivity contribution < 1.29 is 0 Å². The maximum absolute atomic E-state index is 6.00. The topological polar surface area (TPSA) is 24.9 Å². The van der Waals surface area contributed by atoms with E-state index in [0.29, 0.717) is 0 Å². The second kappa shape index (κ2) is 5.43. The number of aromatic nitrogens is 1.